The Hall–Kier alpha value is -7.06. The van der Waals surface area contributed by atoms with Gasteiger partial charge in [-0.05, 0) is 110 Å². The number of urea groups is 2. The Bertz CT molecular complexity index is 2320. The largest absolute Gasteiger partial charge is 0.368 e. The molecule has 0 unspecified atom stereocenters. The second kappa shape index (κ2) is 24.9. The number of carbonyl (C=O) groups excluding carboxylic acids is 6. The number of halogens is 4. The van der Waals surface area contributed by atoms with Crippen molar-refractivity contribution in [2.24, 2.45) is 23.3 Å². The van der Waals surface area contributed by atoms with E-state index < -0.39 is 35.5 Å². The van der Waals surface area contributed by atoms with E-state index in [9.17, 15) is 46.3 Å². The average molecular weight is 999 g/mol. The van der Waals surface area contributed by atoms with Gasteiger partial charge in [-0.15, -0.1) is 0 Å². The summed E-state index contributed by atoms with van der Waals surface area (Å²) >= 11 is 0. The molecule has 2 heterocycles. The number of hydrogen-bond donors (Lipinski definition) is 6. The summed E-state index contributed by atoms with van der Waals surface area (Å²) in [5, 5.41) is 11.1. The van der Waals surface area contributed by atoms with Crippen LogP contribution in [-0.4, -0.2) is 120 Å². The molecule has 0 aromatic heterocycles. The molecule has 4 aromatic carbocycles. The third-order valence-electron chi connectivity index (χ3n) is 14.0. The van der Waals surface area contributed by atoms with Crippen LogP contribution in [-0.2, 0) is 19.2 Å². The molecule has 6 atom stereocenters. The summed E-state index contributed by atoms with van der Waals surface area (Å²) in [6.07, 6.45) is 6.88. The Balaban J connectivity index is 0.000000211. The number of hydrogen-bond acceptors (Lipinski definition) is 8. The molecule has 4 fully saturated rings. The Labute approximate surface area is 415 Å². The number of primary amides is 2. The van der Waals surface area contributed by atoms with Crippen LogP contribution in [0.5, 0.6) is 0 Å². The fraction of sp³-hybridized carbons (Fsp3) is 0.423. The molecule has 8 rings (SSSR count). The Morgan fingerprint density at radius 3 is 1.03 bits per heavy atom. The molecule has 8 amide bonds. The lowest BCUT2D eigenvalue weighted by atomic mass is 9.82. The van der Waals surface area contributed by atoms with Gasteiger partial charge in [-0.3, -0.25) is 29.0 Å². The molecule has 2 aliphatic heterocycles. The lowest BCUT2D eigenvalue weighted by molar-refractivity contribution is -0.133. The Morgan fingerprint density at radius 1 is 0.431 bits per heavy atom. The van der Waals surface area contributed by atoms with E-state index in [2.05, 4.69) is 31.1 Å². The maximum atomic E-state index is 13.3. The van der Waals surface area contributed by atoms with Crippen molar-refractivity contribution in [3.05, 3.63) is 131 Å². The summed E-state index contributed by atoms with van der Waals surface area (Å²) in [5.74, 6) is -4.15. The van der Waals surface area contributed by atoms with E-state index in [1.165, 1.54) is 97.1 Å². The molecule has 4 aromatic rings. The van der Waals surface area contributed by atoms with Crippen LogP contribution in [0.2, 0.25) is 0 Å². The highest BCUT2D eigenvalue weighted by Crippen LogP contribution is 2.32. The van der Waals surface area contributed by atoms with Crippen molar-refractivity contribution in [1.29, 1.82) is 0 Å². The molecule has 0 spiro atoms. The maximum absolute atomic E-state index is 13.3. The average Bonchev–Trinajstić information content (AvgIpc) is 3.39. The number of piperazine rings is 2. The van der Waals surface area contributed by atoms with Crippen LogP contribution in [0.15, 0.2) is 97.1 Å². The summed E-state index contributed by atoms with van der Waals surface area (Å²) in [6.45, 7) is 4.44. The molecular weight excluding hydrogens is 937 g/mol. The van der Waals surface area contributed by atoms with Crippen LogP contribution in [0.4, 0.5) is 38.5 Å². The van der Waals surface area contributed by atoms with Gasteiger partial charge in [0.15, 0.2) is 0 Å². The molecule has 2 aliphatic carbocycles. The van der Waals surface area contributed by atoms with E-state index in [1.807, 2.05) is 0 Å². The molecule has 8 N–H and O–H groups in total. The van der Waals surface area contributed by atoms with Gasteiger partial charge < -0.3 is 42.5 Å². The fourth-order valence-corrected chi connectivity index (χ4v) is 10.1. The van der Waals surface area contributed by atoms with Crippen molar-refractivity contribution in [1.82, 2.24) is 30.2 Å². The second-order valence-corrected chi connectivity index (χ2v) is 18.6. The van der Waals surface area contributed by atoms with Crippen LogP contribution in [0.25, 0.3) is 0 Å². The third kappa shape index (κ3) is 14.1. The number of amides is 8. The monoisotopic (exact) mass is 998 g/mol. The standard InChI is InChI=1S/2C26H31F2N5O3/c2*27-18-7-5-17(6-8-18)23(24(29)34)31-25(35)21-3-1-2-4-22(21)32-13-15-33(16-14-32)26(36)30-20-11-9-19(28)10-12-20/h2*5-12,21-23H,1-4,13-16H2,(H2,29,34)(H,30,36)(H,31,35)/t21-,22-,23+;21-,22-,23-/m10/s1. The smallest absolute Gasteiger partial charge is 0.321 e. The minimum absolute atomic E-state index is 0.0113. The molecule has 2 saturated carbocycles. The minimum Gasteiger partial charge on any atom is -0.368 e. The molecule has 0 bridgehead atoms. The number of benzene rings is 4. The summed E-state index contributed by atoms with van der Waals surface area (Å²) in [6, 6.07) is 19.3. The van der Waals surface area contributed by atoms with Crippen molar-refractivity contribution in [3.63, 3.8) is 0 Å². The first-order valence-corrected chi connectivity index (χ1v) is 24.4. The van der Waals surface area contributed by atoms with Gasteiger partial charge in [-0.25, -0.2) is 27.2 Å². The SMILES string of the molecule is NC(=O)[C@@H](NC(=O)[C@@H]1CCCC[C@H]1N1CCN(C(=O)Nc2ccc(F)cc2)CC1)c1ccc(F)cc1.NC(=O)[C@@H](NC(=O)[C@H]1CCCC[C@@H]1N1CCN(C(=O)Nc2ccc(F)cc2)CC1)c1ccc(F)cc1. The zero-order valence-electron chi connectivity index (χ0n) is 39.9. The predicted octanol–water partition coefficient (Wildman–Crippen LogP) is 6.03. The van der Waals surface area contributed by atoms with Crippen LogP contribution in [0.1, 0.15) is 74.6 Å². The molecule has 20 heteroatoms. The van der Waals surface area contributed by atoms with E-state index in [0.29, 0.717) is 87.7 Å². The molecule has 0 radical (unpaired) electrons. The fourth-order valence-electron chi connectivity index (χ4n) is 10.1. The second-order valence-electron chi connectivity index (χ2n) is 18.6. The summed E-state index contributed by atoms with van der Waals surface area (Å²) in [4.78, 5) is 83.8. The van der Waals surface area contributed by atoms with E-state index in [-0.39, 0.29) is 59.4 Å². The molecule has 384 valence electrons. The van der Waals surface area contributed by atoms with Crippen molar-refractivity contribution < 1.29 is 46.3 Å². The number of anilines is 2. The number of carbonyl (C=O) groups is 6. The van der Waals surface area contributed by atoms with Crippen LogP contribution in [0.3, 0.4) is 0 Å². The highest BCUT2D eigenvalue weighted by Gasteiger charge is 2.40. The number of nitrogens with one attached hydrogen (secondary N) is 4. The molecule has 16 nitrogen and oxygen atoms in total. The number of nitrogens with zero attached hydrogens (tertiary/aromatic N) is 4. The lowest BCUT2D eigenvalue weighted by Crippen LogP contribution is -2.57. The highest BCUT2D eigenvalue weighted by atomic mass is 19.1. The Morgan fingerprint density at radius 2 is 0.722 bits per heavy atom. The van der Waals surface area contributed by atoms with Gasteiger partial charge in [0.25, 0.3) is 0 Å². The van der Waals surface area contributed by atoms with E-state index in [4.69, 9.17) is 11.5 Å². The van der Waals surface area contributed by atoms with Gasteiger partial charge in [0.05, 0.1) is 11.8 Å². The quantitative estimate of drug-likeness (QED) is 0.0920. The van der Waals surface area contributed by atoms with Gasteiger partial charge in [-0.2, -0.15) is 0 Å². The zero-order chi connectivity index (χ0) is 51.3. The van der Waals surface area contributed by atoms with E-state index >= 15 is 0 Å². The third-order valence-corrected chi connectivity index (χ3v) is 14.0. The van der Waals surface area contributed by atoms with Gasteiger partial charge in [0, 0.05) is 75.8 Å². The Kier molecular flexibility index (Phi) is 18.2. The molecule has 2 saturated heterocycles. The molecular formula is C52H62F4N10O6. The van der Waals surface area contributed by atoms with E-state index in [0.717, 1.165) is 38.5 Å². The van der Waals surface area contributed by atoms with Crippen molar-refractivity contribution in [3.8, 4) is 0 Å². The van der Waals surface area contributed by atoms with Crippen LogP contribution < -0.4 is 32.7 Å². The van der Waals surface area contributed by atoms with Crippen molar-refractivity contribution in [2.45, 2.75) is 75.5 Å². The van der Waals surface area contributed by atoms with Crippen LogP contribution in [0, 0.1) is 35.1 Å². The van der Waals surface area contributed by atoms with Crippen molar-refractivity contribution >= 4 is 47.1 Å². The first-order chi connectivity index (χ1) is 34.6. The predicted molar refractivity (Wildman–Crippen MR) is 262 cm³/mol. The van der Waals surface area contributed by atoms with Crippen molar-refractivity contribution in [2.75, 3.05) is 63.0 Å². The molecule has 72 heavy (non-hydrogen) atoms. The zero-order valence-corrected chi connectivity index (χ0v) is 39.9. The van der Waals surface area contributed by atoms with Crippen LogP contribution >= 0.6 is 0 Å². The summed E-state index contributed by atoms with van der Waals surface area (Å²) < 4.78 is 52.8. The highest BCUT2D eigenvalue weighted by molar-refractivity contribution is 5.91. The topological polar surface area (TPSA) is 216 Å². The minimum atomic E-state index is -1.03. The van der Waals surface area contributed by atoms with E-state index in [1.54, 1.807) is 9.80 Å². The van der Waals surface area contributed by atoms with Gasteiger partial charge in [0.1, 0.15) is 35.4 Å². The number of nitrogens with two attached hydrogens (primary N) is 2. The number of rotatable bonds is 12. The lowest BCUT2D eigenvalue weighted by Gasteiger charge is -2.43. The summed E-state index contributed by atoms with van der Waals surface area (Å²) in [7, 11) is 0. The maximum Gasteiger partial charge on any atom is 0.321 e. The molecule has 4 aliphatic rings. The van der Waals surface area contributed by atoms with Gasteiger partial charge >= 0.3 is 12.1 Å². The normalized spacial score (nSPS) is 21.4. The van der Waals surface area contributed by atoms with Gasteiger partial charge in [-0.1, -0.05) is 49.9 Å². The first kappa shape index (κ1) is 52.8. The summed E-state index contributed by atoms with van der Waals surface area (Å²) in [5.41, 5.74) is 13.0. The van der Waals surface area contributed by atoms with Gasteiger partial charge in [0.2, 0.25) is 23.6 Å². The first-order valence-electron chi connectivity index (χ1n) is 24.4.